The second kappa shape index (κ2) is 13.5. The lowest BCUT2D eigenvalue weighted by Gasteiger charge is -2.36. The zero-order valence-corrected chi connectivity index (χ0v) is 26.0. The van der Waals surface area contributed by atoms with Crippen molar-refractivity contribution in [3.63, 3.8) is 0 Å². The Morgan fingerprint density at radius 3 is 2.50 bits per heavy atom. The maximum absolute atomic E-state index is 13.9. The van der Waals surface area contributed by atoms with Gasteiger partial charge in [-0.2, -0.15) is 0 Å². The number of para-hydroxylation sites is 1. The van der Waals surface area contributed by atoms with E-state index in [9.17, 15) is 9.59 Å². The molecule has 3 aromatic carbocycles. The van der Waals surface area contributed by atoms with Gasteiger partial charge in [-0.25, -0.2) is 0 Å². The summed E-state index contributed by atoms with van der Waals surface area (Å²) in [4.78, 5) is 29.2. The van der Waals surface area contributed by atoms with Crippen LogP contribution in [0.2, 0.25) is 10.0 Å². The van der Waals surface area contributed by atoms with Crippen molar-refractivity contribution in [3.8, 4) is 23.0 Å². The van der Waals surface area contributed by atoms with Gasteiger partial charge in [0.2, 0.25) is 12.7 Å². The van der Waals surface area contributed by atoms with Crippen molar-refractivity contribution in [2.75, 3.05) is 33.1 Å². The number of hydrogen-bond acceptors (Lipinski definition) is 7. The van der Waals surface area contributed by atoms with Crippen LogP contribution in [-0.2, 0) is 11.3 Å². The number of ether oxygens (including phenoxy) is 4. The lowest BCUT2D eigenvalue weighted by atomic mass is 9.91. The standard InChI is InChI=1S/C33H35Cl2N3O6/c1-20-15-26(34)31(27(35)16-20)42-14-13-41-24-9-5-21(6-10-24)32(39)37-28-11-12-36-17-25(28)33(40)38(23-7-8-23)18-22-3-2-4-29-30(22)44-19-43-29/h2-6,9-10,15-16,23,25,28,36H,7-8,11-14,17-19H2,1H3,(H,37,39)/t25?,28-/m0/s1. The number of aryl methyl sites for hydroxylation is 1. The second-order valence-electron chi connectivity index (χ2n) is 11.3. The minimum atomic E-state index is -0.375. The van der Waals surface area contributed by atoms with E-state index in [0.717, 1.165) is 30.5 Å². The van der Waals surface area contributed by atoms with Gasteiger partial charge in [0.25, 0.3) is 5.91 Å². The third-order valence-corrected chi connectivity index (χ3v) is 8.62. The van der Waals surface area contributed by atoms with Crippen molar-refractivity contribution >= 4 is 35.0 Å². The fraction of sp³-hybridized carbons (Fsp3) is 0.394. The molecule has 3 aromatic rings. The molecule has 2 fully saturated rings. The van der Waals surface area contributed by atoms with Crippen molar-refractivity contribution in [3.05, 3.63) is 81.3 Å². The average molecular weight is 641 g/mol. The van der Waals surface area contributed by atoms with E-state index in [1.807, 2.05) is 30.0 Å². The molecular formula is C33H35Cl2N3O6. The smallest absolute Gasteiger partial charge is 0.251 e. The van der Waals surface area contributed by atoms with E-state index >= 15 is 0 Å². The topological polar surface area (TPSA) is 98.4 Å². The first-order valence-corrected chi connectivity index (χ1v) is 15.6. The maximum atomic E-state index is 13.9. The van der Waals surface area contributed by atoms with E-state index in [2.05, 4.69) is 10.6 Å². The summed E-state index contributed by atoms with van der Waals surface area (Å²) in [5.74, 6) is 1.88. The number of halogens is 2. The molecule has 0 aromatic heterocycles. The van der Waals surface area contributed by atoms with E-state index in [1.165, 1.54) is 0 Å². The van der Waals surface area contributed by atoms with Crippen LogP contribution in [0.25, 0.3) is 0 Å². The van der Waals surface area contributed by atoms with Gasteiger partial charge in [-0.15, -0.1) is 0 Å². The van der Waals surface area contributed by atoms with Crippen LogP contribution in [0.15, 0.2) is 54.6 Å². The van der Waals surface area contributed by atoms with Crippen molar-refractivity contribution in [1.29, 1.82) is 0 Å². The molecule has 2 heterocycles. The molecular weight excluding hydrogens is 605 g/mol. The Kier molecular flexibility index (Phi) is 9.35. The van der Waals surface area contributed by atoms with Crippen LogP contribution in [-0.4, -0.2) is 61.9 Å². The minimum absolute atomic E-state index is 0.0423. The summed E-state index contributed by atoms with van der Waals surface area (Å²) in [7, 11) is 0. The van der Waals surface area contributed by atoms with Gasteiger partial charge in [0.1, 0.15) is 19.0 Å². The zero-order chi connectivity index (χ0) is 30.6. The van der Waals surface area contributed by atoms with Crippen LogP contribution < -0.4 is 29.6 Å². The van der Waals surface area contributed by atoms with Gasteiger partial charge in [-0.1, -0.05) is 35.3 Å². The number of fused-ring (bicyclic) bond motifs is 1. The number of nitrogens with one attached hydrogen (secondary N) is 2. The number of carbonyl (C=O) groups is 2. The normalized spacial score (nSPS) is 18.9. The molecule has 232 valence electrons. The third kappa shape index (κ3) is 7.01. The quantitative estimate of drug-likeness (QED) is 0.272. The molecule has 11 heteroatoms. The Balaban J connectivity index is 1.04. The van der Waals surface area contributed by atoms with E-state index in [1.54, 1.807) is 36.4 Å². The first-order chi connectivity index (χ1) is 21.4. The molecule has 2 atom stereocenters. The highest BCUT2D eigenvalue weighted by Gasteiger charge is 2.40. The first-order valence-electron chi connectivity index (χ1n) is 14.9. The molecule has 0 radical (unpaired) electrons. The number of carbonyl (C=O) groups excluding carboxylic acids is 2. The molecule has 0 bridgehead atoms. The minimum Gasteiger partial charge on any atom is -0.490 e. The number of nitrogens with zero attached hydrogens (tertiary/aromatic N) is 1. The monoisotopic (exact) mass is 639 g/mol. The largest absolute Gasteiger partial charge is 0.490 e. The van der Waals surface area contributed by atoms with Gasteiger partial charge in [0, 0.05) is 36.3 Å². The van der Waals surface area contributed by atoms with Crippen LogP contribution in [0.4, 0.5) is 0 Å². The predicted molar refractivity (Wildman–Crippen MR) is 167 cm³/mol. The lowest BCUT2D eigenvalue weighted by Crippen LogP contribution is -2.55. The van der Waals surface area contributed by atoms with E-state index in [4.69, 9.17) is 42.1 Å². The molecule has 1 unspecified atom stereocenters. The molecule has 2 N–H and O–H groups in total. The van der Waals surface area contributed by atoms with E-state index < -0.39 is 0 Å². The molecule has 0 spiro atoms. The molecule has 6 rings (SSSR count). The Bertz CT molecular complexity index is 1490. The molecule has 44 heavy (non-hydrogen) atoms. The van der Waals surface area contributed by atoms with Crippen LogP contribution in [0.5, 0.6) is 23.0 Å². The van der Waals surface area contributed by atoms with Crippen LogP contribution in [0.1, 0.15) is 40.7 Å². The van der Waals surface area contributed by atoms with Crippen molar-refractivity contribution in [2.24, 2.45) is 5.92 Å². The summed E-state index contributed by atoms with van der Waals surface area (Å²) >= 11 is 12.5. The van der Waals surface area contributed by atoms with Crippen molar-refractivity contribution < 1.29 is 28.5 Å². The number of hydrogen-bond donors (Lipinski definition) is 2. The van der Waals surface area contributed by atoms with Crippen LogP contribution in [0, 0.1) is 12.8 Å². The summed E-state index contributed by atoms with van der Waals surface area (Å²) in [6.45, 7) is 4.30. The molecule has 2 aliphatic heterocycles. The second-order valence-corrected chi connectivity index (χ2v) is 12.1. The van der Waals surface area contributed by atoms with Gasteiger partial charge in [-0.05, 0) is 80.8 Å². The summed E-state index contributed by atoms with van der Waals surface area (Å²) < 4.78 is 22.7. The average Bonchev–Trinajstić information content (AvgIpc) is 3.74. The molecule has 1 saturated heterocycles. The SMILES string of the molecule is Cc1cc(Cl)c(OCCOc2ccc(C(=O)N[C@H]3CCNCC3C(=O)N(Cc3cccc4c3OCO4)C3CC3)cc2)c(Cl)c1. The lowest BCUT2D eigenvalue weighted by molar-refractivity contribution is -0.138. The van der Waals surface area contributed by atoms with Gasteiger partial charge in [0.05, 0.1) is 16.0 Å². The molecule has 9 nitrogen and oxygen atoms in total. The Hall–Kier alpha value is -3.66. The summed E-state index contributed by atoms with van der Waals surface area (Å²) in [6.07, 6.45) is 2.61. The number of rotatable bonds is 11. The number of amides is 2. The van der Waals surface area contributed by atoms with E-state index in [-0.39, 0.29) is 49.8 Å². The summed E-state index contributed by atoms with van der Waals surface area (Å²) in [5, 5.41) is 7.38. The van der Waals surface area contributed by atoms with Gasteiger partial charge < -0.3 is 34.5 Å². The third-order valence-electron chi connectivity index (χ3n) is 8.06. The summed E-state index contributed by atoms with van der Waals surface area (Å²) in [5.41, 5.74) is 2.38. The number of piperidine rings is 1. The zero-order valence-electron chi connectivity index (χ0n) is 24.4. The number of benzene rings is 3. The maximum Gasteiger partial charge on any atom is 0.251 e. The fourth-order valence-corrected chi connectivity index (χ4v) is 6.36. The highest BCUT2D eigenvalue weighted by atomic mass is 35.5. The van der Waals surface area contributed by atoms with Crippen LogP contribution in [0.3, 0.4) is 0 Å². The molecule has 1 saturated carbocycles. The highest BCUT2D eigenvalue weighted by Crippen LogP contribution is 2.39. The molecule has 2 amide bonds. The molecule has 1 aliphatic carbocycles. The first kappa shape index (κ1) is 30.4. The van der Waals surface area contributed by atoms with Crippen LogP contribution >= 0.6 is 23.2 Å². The van der Waals surface area contributed by atoms with Gasteiger partial charge in [0.15, 0.2) is 17.2 Å². The van der Waals surface area contributed by atoms with Crippen molar-refractivity contribution in [2.45, 2.75) is 44.8 Å². The Labute approximate surface area is 266 Å². The fourth-order valence-electron chi connectivity index (χ4n) is 5.66. The van der Waals surface area contributed by atoms with Crippen molar-refractivity contribution in [1.82, 2.24) is 15.5 Å². The van der Waals surface area contributed by atoms with Gasteiger partial charge in [-0.3, -0.25) is 9.59 Å². The Morgan fingerprint density at radius 1 is 1.00 bits per heavy atom. The highest BCUT2D eigenvalue weighted by molar-refractivity contribution is 6.37. The predicted octanol–water partition coefficient (Wildman–Crippen LogP) is 5.39. The summed E-state index contributed by atoms with van der Waals surface area (Å²) in [6, 6.07) is 16.2. The van der Waals surface area contributed by atoms with Gasteiger partial charge >= 0.3 is 0 Å². The van der Waals surface area contributed by atoms with E-state index in [0.29, 0.717) is 58.1 Å². The Morgan fingerprint density at radius 2 is 1.75 bits per heavy atom. The molecule has 3 aliphatic rings.